The molecule has 12 N–H and O–H groups in total. The highest BCUT2D eigenvalue weighted by molar-refractivity contribution is 5.94. The zero-order valence-electron chi connectivity index (χ0n) is 37.2. The Labute approximate surface area is 387 Å². The number of anilines is 1. The number of nitrogens with one attached hydrogen (secondary N) is 4. The third-order valence-electron chi connectivity index (χ3n) is 12.6. The number of carbonyl (C=O) groups excluding carboxylic acids is 4. The second-order valence-corrected chi connectivity index (χ2v) is 17.3. The molecular weight excluding hydrogens is 906 g/mol. The first-order valence-corrected chi connectivity index (χ1v) is 22.3. The van der Waals surface area contributed by atoms with Crippen LogP contribution < -0.4 is 27.6 Å². The van der Waals surface area contributed by atoms with E-state index in [0.29, 0.717) is 12.8 Å². The number of carbonyl (C=O) groups is 5. The number of rotatable bonds is 17. The lowest BCUT2D eigenvalue weighted by Gasteiger charge is -2.48. The Morgan fingerprint density at radius 3 is 2.21 bits per heavy atom. The van der Waals surface area contributed by atoms with Gasteiger partial charge in [-0.1, -0.05) is 32.1 Å². The van der Waals surface area contributed by atoms with Crippen LogP contribution in [-0.2, 0) is 47.5 Å². The molecule has 0 bridgehead atoms. The van der Waals surface area contributed by atoms with E-state index in [-0.39, 0.29) is 43.0 Å². The van der Waals surface area contributed by atoms with Crippen LogP contribution in [0.2, 0.25) is 0 Å². The highest BCUT2D eigenvalue weighted by Gasteiger charge is 2.54. The first-order valence-electron chi connectivity index (χ1n) is 22.3. The minimum atomic E-state index is -1.94. The molecular formula is C43H59N5O20. The maximum atomic E-state index is 14.1. The number of aliphatic hydroxyl groups excluding tert-OH is 5. The zero-order valence-corrected chi connectivity index (χ0v) is 37.2. The highest BCUT2D eigenvalue weighted by Crippen LogP contribution is 2.38. The predicted octanol–water partition coefficient (Wildman–Crippen LogP) is -2.65. The summed E-state index contributed by atoms with van der Waals surface area (Å²) in [6.07, 6.45) is -18.6. The molecule has 25 nitrogen and oxygen atoms in total. The van der Waals surface area contributed by atoms with Crippen molar-refractivity contribution < 1.29 is 87.8 Å². The van der Waals surface area contributed by atoms with Crippen molar-refractivity contribution >= 4 is 35.4 Å². The smallest absolute Gasteiger partial charge is 0.338 e. The molecule has 1 aromatic carbocycles. The van der Waals surface area contributed by atoms with Crippen LogP contribution in [0, 0.1) is 11.8 Å². The van der Waals surface area contributed by atoms with E-state index < -0.39 is 145 Å². The Bertz CT molecular complexity index is 2160. The summed E-state index contributed by atoms with van der Waals surface area (Å²) in [5.74, 6) is -6.12. The summed E-state index contributed by atoms with van der Waals surface area (Å²) in [5.41, 5.74) is 3.07. The average Bonchev–Trinajstić information content (AvgIpc) is 3.31. The van der Waals surface area contributed by atoms with Crippen molar-refractivity contribution in [1.82, 2.24) is 15.3 Å². The number of aliphatic hydroxyl groups is 5. The van der Waals surface area contributed by atoms with Crippen molar-refractivity contribution in [2.24, 2.45) is 17.6 Å². The lowest BCUT2D eigenvalue weighted by atomic mass is 9.81. The fourth-order valence-electron chi connectivity index (χ4n) is 8.97. The average molecular weight is 966 g/mol. The molecule has 376 valence electrons. The van der Waals surface area contributed by atoms with E-state index in [2.05, 4.69) is 15.6 Å². The molecule has 3 heterocycles. The fraction of sp³-hybridized carbons (Fsp3) is 0.651. The summed E-state index contributed by atoms with van der Waals surface area (Å²) in [4.78, 5) is 94.3. The molecule has 2 saturated carbocycles. The van der Waals surface area contributed by atoms with Gasteiger partial charge in [0.15, 0.2) is 24.8 Å². The van der Waals surface area contributed by atoms with E-state index in [1.807, 2.05) is 4.98 Å². The van der Waals surface area contributed by atoms with Crippen LogP contribution in [0.3, 0.4) is 0 Å². The van der Waals surface area contributed by atoms with Gasteiger partial charge in [-0.15, -0.1) is 0 Å². The van der Waals surface area contributed by atoms with Crippen LogP contribution in [-0.4, -0.2) is 176 Å². The van der Waals surface area contributed by atoms with E-state index in [4.69, 9.17) is 38.9 Å². The van der Waals surface area contributed by atoms with Crippen molar-refractivity contribution in [2.75, 3.05) is 25.6 Å². The quantitative estimate of drug-likeness (QED) is 0.0722. The third-order valence-corrected chi connectivity index (χ3v) is 12.6. The van der Waals surface area contributed by atoms with E-state index >= 15 is 0 Å². The van der Waals surface area contributed by atoms with Gasteiger partial charge in [0, 0.05) is 11.8 Å². The normalized spacial score (nSPS) is 32.6. The maximum absolute atomic E-state index is 14.1. The highest BCUT2D eigenvalue weighted by atomic mass is 16.7. The van der Waals surface area contributed by atoms with Crippen LogP contribution in [0.1, 0.15) is 79.1 Å². The lowest BCUT2D eigenvalue weighted by Crippen LogP contribution is -2.65. The van der Waals surface area contributed by atoms with Crippen molar-refractivity contribution in [3.8, 4) is 0 Å². The van der Waals surface area contributed by atoms with Crippen molar-refractivity contribution in [1.29, 1.82) is 0 Å². The number of aromatic amines is 2. The Morgan fingerprint density at radius 1 is 0.868 bits per heavy atom. The molecule has 2 aliphatic carbocycles. The number of carboxylic acid groups (broad SMARTS) is 1. The number of H-pyrrole nitrogens is 2. The number of aliphatic carboxylic acids is 1. The Kier molecular flexibility index (Phi) is 18.0. The molecule has 6 rings (SSSR count). The number of nitrogens with two attached hydrogens (primary N) is 1. The van der Waals surface area contributed by atoms with Crippen molar-refractivity contribution in [3.05, 3.63) is 62.4 Å². The summed E-state index contributed by atoms with van der Waals surface area (Å²) in [6, 6.07) is 4.70. The molecule has 4 aliphatic rings. The monoisotopic (exact) mass is 965 g/mol. The first-order chi connectivity index (χ1) is 32.4. The van der Waals surface area contributed by atoms with Gasteiger partial charge in [0.1, 0.15) is 48.4 Å². The molecule has 25 heteroatoms. The van der Waals surface area contributed by atoms with Gasteiger partial charge in [-0.3, -0.25) is 24.2 Å². The molecule has 2 amide bonds. The minimum absolute atomic E-state index is 0.00728. The second-order valence-electron chi connectivity index (χ2n) is 17.3. The van der Waals surface area contributed by atoms with Crippen molar-refractivity contribution in [3.63, 3.8) is 0 Å². The molecule has 0 spiro atoms. The number of methoxy groups -OCH3 is 1. The Balaban J connectivity index is 1.41. The standard InChI is InChI=1S/C43H59N5O20/c1-18-30(52)32(54)33(55)41(63-18)68-34-23(46-37(56)24-15-28(50)48-43(61)47-24)13-21(39(59)62-2)14-25(34)65-42-36(67-40(60)20-8-10-22(11-9-20)45-29(51)16-44)35(31(53)27(17-49)66-42)64-26(38(57)58)12-19-6-4-3-5-7-19/h8-11,15,18-19,21,23,25-27,30-36,41-42,49,52-55H,3-7,12-14,16-17,44H2,1-2H3,(H,45,51)(H,46,56)(H,57,58)(H2,47,48,50,61)/t18?,21?,23-,25?,26+,27+,30?,31?,32?,33?,34?,35?,36?,41?,42-/m1/s1. The van der Waals surface area contributed by atoms with Gasteiger partial charge in [0.05, 0.1) is 50.0 Å². The largest absolute Gasteiger partial charge is 0.479 e. The van der Waals surface area contributed by atoms with Gasteiger partial charge in [0.2, 0.25) is 5.91 Å². The van der Waals surface area contributed by atoms with E-state index in [0.717, 1.165) is 32.4 Å². The number of hydrogen-bond donors (Lipinski definition) is 11. The molecule has 15 atom stereocenters. The molecule has 2 saturated heterocycles. The number of benzene rings is 1. The topological polar surface area (TPSA) is 387 Å². The second kappa shape index (κ2) is 23.4. The number of hydrogen-bond acceptors (Lipinski definition) is 20. The number of carboxylic acids is 1. The van der Waals surface area contributed by atoms with Gasteiger partial charge in [-0.2, -0.15) is 0 Å². The molecule has 1 aromatic heterocycles. The molecule has 4 fully saturated rings. The van der Waals surface area contributed by atoms with Gasteiger partial charge in [-0.25, -0.2) is 14.4 Å². The molecule has 11 unspecified atom stereocenters. The van der Waals surface area contributed by atoms with Crippen LogP contribution in [0.15, 0.2) is 39.9 Å². The van der Waals surface area contributed by atoms with Crippen LogP contribution in [0.25, 0.3) is 0 Å². The summed E-state index contributed by atoms with van der Waals surface area (Å²) < 4.78 is 41.8. The SMILES string of the molecule is COC(=O)C1CC(O[C@@H]2O[C@@H](CO)C(O)C(O[C@@H](CC3CCCCC3)C(=O)O)C2OC(=O)c2ccc(NC(=O)CN)cc2)C(OC2OC(C)C(O)C(O)C2O)[C@H](NC(=O)c2cc(=O)[nH]c(=O)[nH]2)C1. The van der Waals surface area contributed by atoms with E-state index in [1.165, 1.54) is 31.2 Å². The van der Waals surface area contributed by atoms with Crippen LogP contribution in [0.5, 0.6) is 0 Å². The van der Waals surface area contributed by atoms with Gasteiger partial charge in [-0.05, 0) is 56.4 Å². The zero-order chi connectivity index (χ0) is 49.4. The summed E-state index contributed by atoms with van der Waals surface area (Å²) in [5, 5.41) is 70.1. The van der Waals surface area contributed by atoms with Crippen LogP contribution in [0.4, 0.5) is 5.69 Å². The Morgan fingerprint density at radius 2 is 1.57 bits per heavy atom. The summed E-state index contributed by atoms with van der Waals surface area (Å²) >= 11 is 0. The molecule has 2 aliphatic heterocycles. The number of esters is 2. The van der Waals surface area contributed by atoms with E-state index in [1.54, 1.807) is 0 Å². The number of amides is 2. The predicted molar refractivity (Wildman–Crippen MR) is 228 cm³/mol. The van der Waals surface area contributed by atoms with Crippen LogP contribution >= 0.6 is 0 Å². The third kappa shape index (κ3) is 12.7. The minimum Gasteiger partial charge on any atom is -0.479 e. The number of aromatic nitrogens is 2. The fourth-order valence-corrected chi connectivity index (χ4v) is 8.97. The lowest BCUT2D eigenvalue weighted by molar-refractivity contribution is -0.347. The Hall–Kier alpha value is -5.19. The molecule has 68 heavy (non-hydrogen) atoms. The van der Waals surface area contributed by atoms with Gasteiger partial charge < -0.3 is 85.1 Å². The molecule has 2 aromatic rings. The van der Waals surface area contributed by atoms with Gasteiger partial charge in [0.25, 0.3) is 11.5 Å². The summed E-state index contributed by atoms with van der Waals surface area (Å²) in [6.45, 7) is 0.135. The number of ether oxygens (including phenoxy) is 7. The van der Waals surface area contributed by atoms with Gasteiger partial charge >= 0.3 is 23.6 Å². The summed E-state index contributed by atoms with van der Waals surface area (Å²) in [7, 11) is 1.09. The van der Waals surface area contributed by atoms with Crippen molar-refractivity contribution in [2.45, 2.75) is 144 Å². The maximum Gasteiger partial charge on any atom is 0.338 e. The first kappa shape index (κ1) is 52.2. The van der Waals surface area contributed by atoms with E-state index in [9.17, 15) is 64.2 Å². The molecule has 0 radical (unpaired) electrons.